The standard InChI is InChI=1S/C11H13FN5O5P/c12-6-5(1-2-23(19,20)21)3-22-10(6)17-4-14-7-8(17)15-11(13)16-9(7)18/h1-2,4-6,10H,3H2,(H2,19,20,21)(H3,13,15,16,18)/b2-1+/t5-,6+,10+/m0/s1. The number of aromatic nitrogens is 4. The fraction of sp³-hybridized carbons (Fsp3) is 0.364. The number of anilines is 1. The normalized spacial score (nSPS) is 25.6. The lowest BCUT2D eigenvalue weighted by Gasteiger charge is -2.15. The van der Waals surface area contributed by atoms with E-state index in [9.17, 15) is 13.8 Å². The number of nitrogen functional groups attached to an aromatic ring is 1. The van der Waals surface area contributed by atoms with Crippen LogP contribution in [0.2, 0.25) is 0 Å². The first-order valence-corrected chi connectivity index (χ1v) is 8.17. The predicted octanol–water partition coefficient (Wildman–Crippen LogP) is -0.124. The van der Waals surface area contributed by atoms with Crippen LogP contribution in [0.25, 0.3) is 11.2 Å². The number of rotatable bonds is 3. The SMILES string of the molecule is Nc1nc2c(ncn2[C@@H]2OC[C@H](/C=C/P(=O)(O)O)[C@H]2F)c(=O)[nH]1. The lowest BCUT2D eigenvalue weighted by Crippen LogP contribution is -2.20. The first-order valence-electron chi connectivity index (χ1n) is 6.49. The third-order valence-electron chi connectivity index (χ3n) is 3.39. The van der Waals surface area contributed by atoms with Crippen molar-refractivity contribution in [2.24, 2.45) is 5.92 Å². The van der Waals surface area contributed by atoms with E-state index in [1.165, 1.54) is 10.9 Å². The predicted molar refractivity (Wildman–Crippen MR) is 77.1 cm³/mol. The van der Waals surface area contributed by atoms with Gasteiger partial charge >= 0.3 is 7.60 Å². The van der Waals surface area contributed by atoms with E-state index in [4.69, 9.17) is 20.3 Å². The van der Waals surface area contributed by atoms with Crippen molar-refractivity contribution in [3.05, 3.63) is 28.6 Å². The summed E-state index contributed by atoms with van der Waals surface area (Å²) in [5.41, 5.74) is 4.97. The van der Waals surface area contributed by atoms with Crippen molar-refractivity contribution >= 4 is 24.7 Å². The van der Waals surface area contributed by atoms with Crippen LogP contribution in [-0.2, 0) is 9.30 Å². The Kier molecular flexibility index (Phi) is 3.80. The Morgan fingerprint density at radius 1 is 1.57 bits per heavy atom. The summed E-state index contributed by atoms with van der Waals surface area (Å²) in [4.78, 5) is 39.4. The Morgan fingerprint density at radius 2 is 2.30 bits per heavy atom. The molecule has 5 N–H and O–H groups in total. The Morgan fingerprint density at radius 3 is 3.00 bits per heavy atom. The highest BCUT2D eigenvalue weighted by molar-refractivity contribution is 7.55. The van der Waals surface area contributed by atoms with Crippen LogP contribution in [0, 0.1) is 5.92 Å². The minimum atomic E-state index is -4.37. The molecule has 1 fully saturated rings. The van der Waals surface area contributed by atoms with Crippen LogP contribution in [-0.4, -0.2) is 42.1 Å². The number of nitrogens with zero attached hydrogens (tertiary/aromatic N) is 3. The lowest BCUT2D eigenvalue weighted by atomic mass is 10.1. The van der Waals surface area contributed by atoms with Gasteiger partial charge in [0.1, 0.15) is 0 Å². The van der Waals surface area contributed by atoms with Crippen molar-refractivity contribution in [1.29, 1.82) is 0 Å². The number of ether oxygens (including phenoxy) is 1. The molecule has 0 spiro atoms. The average molecular weight is 345 g/mol. The molecule has 0 amide bonds. The number of fused-ring (bicyclic) bond motifs is 1. The fourth-order valence-corrected chi connectivity index (χ4v) is 2.80. The number of hydrogen-bond donors (Lipinski definition) is 4. The monoisotopic (exact) mass is 345 g/mol. The number of hydrogen-bond acceptors (Lipinski definition) is 6. The highest BCUT2D eigenvalue weighted by Gasteiger charge is 2.38. The highest BCUT2D eigenvalue weighted by Crippen LogP contribution is 2.39. The number of aromatic amines is 1. The van der Waals surface area contributed by atoms with Crippen molar-refractivity contribution in [3.8, 4) is 0 Å². The van der Waals surface area contributed by atoms with Gasteiger partial charge in [0, 0.05) is 11.7 Å². The van der Waals surface area contributed by atoms with Crippen LogP contribution in [0.5, 0.6) is 0 Å². The van der Waals surface area contributed by atoms with E-state index in [0.717, 1.165) is 6.08 Å². The molecule has 0 aliphatic carbocycles. The smallest absolute Gasteiger partial charge is 0.348 e. The van der Waals surface area contributed by atoms with Crippen LogP contribution in [0.4, 0.5) is 10.3 Å². The Bertz CT molecular complexity index is 873. The molecule has 3 rings (SSSR count). The molecule has 124 valence electrons. The molecule has 1 saturated heterocycles. The zero-order chi connectivity index (χ0) is 16.8. The van der Waals surface area contributed by atoms with Gasteiger partial charge in [0.05, 0.1) is 12.9 Å². The number of nitrogens with one attached hydrogen (secondary N) is 1. The van der Waals surface area contributed by atoms with Gasteiger partial charge in [0.25, 0.3) is 5.56 Å². The third-order valence-corrected chi connectivity index (χ3v) is 3.95. The summed E-state index contributed by atoms with van der Waals surface area (Å²) in [7, 11) is -4.37. The molecule has 1 aliphatic heterocycles. The second kappa shape index (κ2) is 5.53. The van der Waals surface area contributed by atoms with E-state index in [1.54, 1.807) is 0 Å². The minimum absolute atomic E-state index is 0.00999. The van der Waals surface area contributed by atoms with Crippen LogP contribution in [0.15, 0.2) is 23.0 Å². The van der Waals surface area contributed by atoms with E-state index in [2.05, 4.69) is 15.0 Å². The van der Waals surface area contributed by atoms with E-state index < -0.39 is 31.5 Å². The molecule has 0 saturated carbocycles. The maximum atomic E-state index is 14.5. The minimum Gasteiger partial charge on any atom is -0.369 e. The van der Waals surface area contributed by atoms with Gasteiger partial charge in [0.15, 0.2) is 23.6 Å². The second-order valence-corrected chi connectivity index (χ2v) is 6.51. The lowest BCUT2D eigenvalue weighted by molar-refractivity contribution is 0.0242. The second-order valence-electron chi connectivity index (χ2n) is 5.04. The Balaban J connectivity index is 1.93. The van der Waals surface area contributed by atoms with Crippen LogP contribution in [0.1, 0.15) is 6.23 Å². The first kappa shape index (κ1) is 15.8. The van der Waals surface area contributed by atoms with Crippen LogP contribution < -0.4 is 11.3 Å². The molecule has 23 heavy (non-hydrogen) atoms. The van der Waals surface area contributed by atoms with E-state index in [0.29, 0.717) is 5.82 Å². The maximum Gasteiger partial charge on any atom is 0.348 e. The first-order chi connectivity index (χ1) is 10.8. The van der Waals surface area contributed by atoms with Crippen molar-refractivity contribution in [3.63, 3.8) is 0 Å². The molecule has 3 heterocycles. The van der Waals surface area contributed by atoms with Crippen LogP contribution >= 0.6 is 7.60 Å². The largest absolute Gasteiger partial charge is 0.369 e. The van der Waals surface area contributed by atoms with E-state index in [1.807, 2.05) is 0 Å². The molecule has 0 unspecified atom stereocenters. The number of imidazole rings is 1. The van der Waals surface area contributed by atoms with Crippen molar-refractivity contribution in [2.75, 3.05) is 12.3 Å². The summed E-state index contributed by atoms with van der Waals surface area (Å²) < 4.78 is 31.9. The fourth-order valence-electron chi connectivity index (χ4n) is 2.35. The van der Waals surface area contributed by atoms with Gasteiger partial charge < -0.3 is 20.3 Å². The number of nitrogens with two attached hydrogens (primary N) is 1. The highest BCUT2D eigenvalue weighted by atomic mass is 31.2. The molecule has 2 aromatic heterocycles. The van der Waals surface area contributed by atoms with E-state index >= 15 is 0 Å². The summed E-state index contributed by atoms with van der Waals surface area (Å²) in [6.45, 7) is -0.0827. The molecule has 1 aliphatic rings. The Labute approximate surface area is 128 Å². The average Bonchev–Trinajstić information content (AvgIpc) is 2.99. The van der Waals surface area contributed by atoms with Gasteiger partial charge in [0.2, 0.25) is 5.95 Å². The van der Waals surface area contributed by atoms with Crippen LogP contribution in [0.3, 0.4) is 0 Å². The van der Waals surface area contributed by atoms with Gasteiger partial charge in [-0.1, -0.05) is 6.08 Å². The summed E-state index contributed by atoms with van der Waals surface area (Å²) in [6, 6.07) is 0. The topological polar surface area (TPSA) is 156 Å². The van der Waals surface area contributed by atoms with Gasteiger partial charge in [-0.15, -0.1) is 0 Å². The molecule has 0 bridgehead atoms. The number of alkyl halides is 1. The third kappa shape index (κ3) is 3.04. The Hall–Kier alpha value is -2.07. The quantitative estimate of drug-likeness (QED) is 0.561. The maximum absolute atomic E-state index is 14.5. The molecular weight excluding hydrogens is 332 g/mol. The molecular formula is C11H13FN5O5P. The molecule has 12 heteroatoms. The molecule has 3 atom stereocenters. The summed E-state index contributed by atoms with van der Waals surface area (Å²) in [5.74, 6) is -0.344. The molecule has 0 radical (unpaired) electrons. The van der Waals surface area contributed by atoms with Gasteiger partial charge in [-0.25, -0.2) is 9.37 Å². The van der Waals surface area contributed by atoms with Gasteiger partial charge in [-0.05, 0) is 0 Å². The zero-order valence-corrected chi connectivity index (χ0v) is 12.4. The molecule has 10 nitrogen and oxygen atoms in total. The zero-order valence-electron chi connectivity index (χ0n) is 11.5. The van der Waals surface area contributed by atoms with Gasteiger partial charge in [-0.2, -0.15) is 4.98 Å². The summed E-state index contributed by atoms with van der Waals surface area (Å²) in [6.07, 6.45) is -0.435. The number of H-pyrrole nitrogens is 1. The number of halogens is 1. The van der Waals surface area contributed by atoms with E-state index in [-0.39, 0.29) is 23.7 Å². The summed E-state index contributed by atoms with van der Waals surface area (Å²) >= 11 is 0. The van der Waals surface area contributed by atoms with Crippen molar-refractivity contribution < 1.29 is 23.5 Å². The molecule has 2 aromatic rings. The van der Waals surface area contributed by atoms with Gasteiger partial charge in [-0.3, -0.25) is 18.9 Å². The summed E-state index contributed by atoms with van der Waals surface area (Å²) in [5, 5.41) is 0. The van der Waals surface area contributed by atoms with Crippen molar-refractivity contribution in [2.45, 2.75) is 12.4 Å². The van der Waals surface area contributed by atoms with Crippen molar-refractivity contribution in [1.82, 2.24) is 19.5 Å². The molecule has 0 aromatic carbocycles.